The van der Waals surface area contributed by atoms with Gasteiger partial charge in [0.15, 0.2) is 6.29 Å². The summed E-state index contributed by atoms with van der Waals surface area (Å²) in [4.78, 5) is 26.4. The van der Waals surface area contributed by atoms with E-state index in [9.17, 15) is 30.0 Å². The number of methoxy groups -OCH3 is 1. The minimum atomic E-state index is -1.64. The number of hydrogen-bond donors (Lipinski definition) is 5. The SMILES string of the molecule is COc1ccc2c(c1)c(CC(=O)NC1C(O)[C@H](O)C(CO)O[C@@H]1O)c(C)n2C(=O)c1ccc(Cl)cc1. The number of amides is 1. The predicted octanol–water partition coefficient (Wildman–Crippen LogP) is 0.759. The Hall–Kier alpha value is -2.99. The molecule has 192 valence electrons. The molecule has 1 aliphatic rings. The molecule has 0 spiro atoms. The zero-order valence-corrected chi connectivity index (χ0v) is 20.3. The van der Waals surface area contributed by atoms with Gasteiger partial charge in [-0.2, -0.15) is 0 Å². The highest BCUT2D eigenvalue weighted by molar-refractivity contribution is 6.30. The van der Waals surface area contributed by atoms with Gasteiger partial charge in [0.1, 0.15) is 30.1 Å². The maximum atomic E-state index is 13.4. The Bertz CT molecular complexity index is 1280. The second-order valence-electron chi connectivity index (χ2n) is 8.59. The minimum absolute atomic E-state index is 0.203. The molecule has 0 aliphatic carbocycles. The molecule has 1 aromatic heterocycles. The first-order valence-corrected chi connectivity index (χ1v) is 11.6. The first kappa shape index (κ1) is 26.1. The average Bonchev–Trinajstić information content (AvgIpc) is 3.14. The molecule has 5 atom stereocenters. The lowest BCUT2D eigenvalue weighted by molar-refractivity contribution is -0.253. The van der Waals surface area contributed by atoms with E-state index in [1.54, 1.807) is 49.4 Å². The summed E-state index contributed by atoms with van der Waals surface area (Å²) in [6.07, 6.45) is -6.10. The van der Waals surface area contributed by atoms with Gasteiger partial charge in [0.2, 0.25) is 5.91 Å². The van der Waals surface area contributed by atoms with Crippen LogP contribution in [0.4, 0.5) is 0 Å². The van der Waals surface area contributed by atoms with Gasteiger partial charge in [-0.1, -0.05) is 11.6 Å². The van der Waals surface area contributed by atoms with Crippen LogP contribution < -0.4 is 10.1 Å². The molecule has 5 N–H and O–H groups in total. The Morgan fingerprint density at radius 2 is 1.81 bits per heavy atom. The van der Waals surface area contributed by atoms with Crippen molar-refractivity contribution < 1.29 is 39.5 Å². The summed E-state index contributed by atoms with van der Waals surface area (Å²) in [6, 6.07) is 10.3. The maximum absolute atomic E-state index is 13.4. The molecule has 0 saturated carbocycles. The topological polar surface area (TPSA) is 150 Å². The van der Waals surface area contributed by atoms with Gasteiger partial charge in [0.05, 0.1) is 25.7 Å². The van der Waals surface area contributed by atoms with Crippen molar-refractivity contribution in [2.24, 2.45) is 0 Å². The van der Waals surface area contributed by atoms with E-state index in [1.165, 1.54) is 11.7 Å². The second-order valence-corrected chi connectivity index (χ2v) is 9.03. The number of hydrogen-bond acceptors (Lipinski definition) is 8. The van der Waals surface area contributed by atoms with E-state index in [0.29, 0.717) is 38.5 Å². The van der Waals surface area contributed by atoms with Gasteiger partial charge in [0, 0.05) is 21.7 Å². The number of benzene rings is 2. The van der Waals surface area contributed by atoms with Crippen LogP contribution in [0.15, 0.2) is 42.5 Å². The van der Waals surface area contributed by atoms with Crippen molar-refractivity contribution in [2.75, 3.05) is 13.7 Å². The van der Waals surface area contributed by atoms with Gasteiger partial charge in [-0.25, -0.2) is 0 Å². The largest absolute Gasteiger partial charge is 0.497 e. The first-order valence-electron chi connectivity index (χ1n) is 11.2. The number of nitrogens with one attached hydrogen (secondary N) is 1. The van der Waals surface area contributed by atoms with Crippen molar-refractivity contribution in [3.8, 4) is 5.75 Å². The zero-order chi connectivity index (χ0) is 26.1. The van der Waals surface area contributed by atoms with Crippen molar-refractivity contribution in [2.45, 2.75) is 44.0 Å². The molecule has 1 saturated heterocycles. The van der Waals surface area contributed by atoms with E-state index in [0.717, 1.165) is 0 Å². The number of fused-ring (bicyclic) bond motifs is 1. The average molecular weight is 519 g/mol. The molecular formula is C25H27ClN2O8. The van der Waals surface area contributed by atoms with Crippen LogP contribution in [-0.2, 0) is 16.0 Å². The lowest BCUT2D eigenvalue weighted by Crippen LogP contribution is -2.64. The summed E-state index contributed by atoms with van der Waals surface area (Å²) < 4.78 is 11.9. The van der Waals surface area contributed by atoms with Crippen LogP contribution >= 0.6 is 11.6 Å². The van der Waals surface area contributed by atoms with Gasteiger partial charge < -0.3 is 35.2 Å². The monoisotopic (exact) mass is 518 g/mol. The van der Waals surface area contributed by atoms with E-state index in [4.69, 9.17) is 21.1 Å². The molecule has 0 bridgehead atoms. The lowest BCUT2D eigenvalue weighted by Gasteiger charge is -2.40. The van der Waals surface area contributed by atoms with Crippen molar-refractivity contribution in [3.63, 3.8) is 0 Å². The third-order valence-corrected chi connectivity index (χ3v) is 6.65. The Morgan fingerprint density at radius 3 is 2.44 bits per heavy atom. The number of ether oxygens (including phenoxy) is 2. The number of aromatic nitrogens is 1. The lowest BCUT2D eigenvalue weighted by atomic mass is 9.96. The number of nitrogens with zero attached hydrogens (tertiary/aromatic N) is 1. The number of rotatable bonds is 6. The number of halogens is 1. The molecule has 36 heavy (non-hydrogen) atoms. The fraction of sp³-hybridized carbons (Fsp3) is 0.360. The summed E-state index contributed by atoms with van der Waals surface area (Å²) in [6.45, 7) is 1.10. The molecule has 11 heteroatoms. The van der Waals surface area contributed by atoms with Crippen LogP contribution in [0.25, 0.3) is 10.9 Å². The summed E-state index contributed by atoms with van der Waals surface area (Å²) >= 11 is 5.96. The summed E-state index contributed by atoms with van der Waals surface area (Å²) in [5.41, 5.74) is 2.04. The van der Waals surface area contributed by atoms with E-state index in [1.807, 2.05) is 0 Å². The molecule has 1 aliphatic heterocycles. The Labute approximate surface area is 211 Å². The first-order chi connectivity index (χ1) is 17.2. The summed E-state index contributed by atoms with van der Waals surface area (Å²) in [5.74, 6) is -0.360. The van der Waals surface area contributed by atoms with Crippen LogP contribution in [-0.4, -0.2) is 81.2 Å². The van der Waals surface area contributed by atoms with Crippen LogP contribution in [0.2, 0.25) is 5.02 Å². The Kier molecular flexibility index (Phi) is 7.65. The molecule has 10 nitrogen and oxygen atoms in total. The van der Waals surface area contributed by atoms with Gasteiger partial charge in [-0.05, 0) is 55.0 Å². The van der Waals surface area contributed by atoms with E-state index in [-0.39, 0.29) is 12.3 Å². The standard InChI is InChI=1S/C25H27ClN2O8/c1-12-16(10-20(30)27-21-23(32)22(31)19(11-29)36-25(21)34)17-9-15(35-2)7-8-18(17)28(12)24(33)13-3-5-14(26)6-4-13/h3-9,19,21-23,25,29,31-32,34H,10-11H2,1-2H3,(H,27,30)/t19?,21?,22-,23?,25+/m1/s1. The third-order valence-electron chi connectivity index (χ3n) is 6.40. The third kappa shape index (κ3) is 4.83. The smallest absolute Gasteiger partial charge is 0.262 e. The van der Waals surface area contributed by atoms with E-state index < -0.39 is 43.2 Å². The highest BCUT2D eigenvalue weighted by Crippen LogP contribution is 2.31. The Balaban J connectivity index is 1.67. The molecule has 1 fully saturated rings. The molecule has 0 radical (unpaired) electrons. The fourth-order valence-corrected chi connectivity index (χ4v) is 4.57. The quantitative estimate of drug-likeness (QED) is 0.321. The number of carbonyl (C=O) groups is 2. The van der Waals surface area contributed by atoms with Gasteiger partial charge in [-0.3, -0.25) is 14.2 Å². The molecule has 3 aromatic rings. The highest BCUT2D eigenvalue weighted by Gasteiger charge is 2.44. The van der Waals surface area contributed by atoms with E-state index >= 15 is 0 Å². The molecule has 4 rings (SSSR count). The maximum Gasteiger partial charge on any atom is 0.262 e. The van der Waals surface area contributed by atoms with Crippen molar-refractivity contribution in [1.29, 1.82) is 0 Å². The van der Waals surface area contributed by atoms with Crippen LogP contribution in [0, 0.1) is 6.92 Å². The van der Waals surface area contributed by atoms with Crippen molar-refractivity contribution in [3.05, 3.63) is 64.3 Å². The molecular weight excluding hydrogens is 492 g/mol. The van der Waals surface area contributed by atoms with Gasteiger partial charge in [0.25, 0.3) is 5.91 Å². The van der Waals surface area contributed by atoms with Crippen LogP contribution in [0.5, 0.6) is 5.75 Å². The predicted molar refractivity (Wildman–Crippen MR) is 130 cm³/mol. The van der Waals surface area contributed by atoms with Crippen LogP contribution in [0.1, 0.15) is 21.6 Å². The summed E-state index contributed by atoms with van der Waals surface area (Å²) in [7, 11) is 1.51. The highest BCUT2D eigenvalue weighted by atomic mass is 35.5. The number of carbonyl (C=O) groups excluding carboxylic acids is 2. The number of aliphatic hydroxyl groups is 4. The van der Waals surface area contributed by atoms with E-state index in [2.05, 4.69) is 5.32 Å². The van der Waals surface area contributed by atoms with Crippen molar-refractivity contribution in [1.82, 2.24) is 9.88 Å². The molecule has 3 unspecified atom stereocenters. The van der Waals surface area contributed by atoms with Gasteiger partial charge in [-0.15, -0.1) is 0 Å². The summed E-state index contributed by atoms with van der Waals surface area (Å²) in [5, 5.41) is 43.5. The molecule has 2 aromatic carbocycles. The van der Waals surface area contributed by atoms with Crippen molar-refractivity contribution >= 4 is 34.3 Å². The second kappa shape index (κ2) is 10.6. The molecule has 2 heterocycles. The van der Waals surface area contributed by atoms with Crippen LogP contribution in [0.3, 0.4) is 0 Å². The number of aliphatic hydroxyl groups excluding tert-OH is 4. The fourth-order valence-electron chi connectivity index (χ4n) is 4.45. The normalized spacial score (nSPS) is 24.0. The zero-order valence-electron chi connectivity index (χ0n) is 19.6. The van der Waals surface area contributed by atoms with Gasteiger partial charge >= 0.3 is 0 Å². The minimum Gasteiger partial charge on any atom is -0.497 e. The Morgan fingerprint density at radius 1 is 1.11 bits per heavy atom. The molecule has 1 amide bonds.